The zero-order chi connectivity index (χ0) is 21.9. The zero-order valence-electron chi connectivity index (χ0n) is 19.0. The maximum Gasteiger partial charge on any atom is 0.492 e. The summed E-state index contributed by atoms with van der Waals surface area (Å²) in [5.74, 6) is 0. The van der Waals surface area contributed by atoms with Crippen molar-refractivity contribution in [3.8, 4) is 0 Å². The van der Waals surface area contributed by atoms with Crippen LogP contribution >= 0.6 is 0 Å². The Kier molecular flexibility index (Phi) is 7.20. The number of carbonyl (C=O) groups is 1. The van der Waals surface area contributed by atoms with Gasteiger partial charge in [0.05, 0.1) is 11.2 Å². The molecule has 2 rings (SSSR count). The number of rotatable bonds is 6. The fraction of sp³-hybridized carbons (Fsp3) is 0.591. The molecule has 1 aliphatic rings. The third kappa shape index (κ3) is 6.33. The highest BCUT2D eigenvalue weighted by molar-refractivity contribution is 6.56. The van der Waals surface area contributed by atoms with Crippen LogP contribution in [0.25, 0.3) is 6.08 Å². The second-order valence-corrected chi connectivity index (χ2v) is 9.39. The molecule has 1 amide bonds. The Bertz CT molecular complexity index is 737. The van der Waals surface area contributed by atoms with Crippen molar-refractivity contribution < 1.29 is 18.8 Å². The van der Waals surface area contributed by atoms with Crippen molar-refractivity contribution in [3.63, 3.8) is 0 Å². The van der Waals surface area contributed by atoms with Gasteiger partial charge in [0, 0.05) is 13.1 Å². The summed E-state index contributed by atoms with van der Waals surface area (Å²) in [4.78, 5) is 12.2. The highest BCUT2D eigenvalue weighted by Crippen LogP contribution is 2.38. The third-order valence-electron chi connectivity index (χ3n) is 5.15. The summed E-state index contributed by atoms with van der Waals surface area (Å²) in [6.45, 7) is 14.6. The molecule has 0 unspecified atom stereocenters. The van der Waals surface area contributed by atoms with Crippen molar-refractivity contribution in [2.45, 2.75) is 71.8 Å². The summed E-state index contributed by atoms with van der Waals surface area (Å²) in [5.41, 5.74) is 1.55. The molecule has 0 atom stereocenters. The van der Waals surface area contributed by atoms with Gasteiger partial charge in [0.15, 0.2) is 0 Å². The van der Waals surface area contributed by atoms with Crippen LogP contribution in [-0.4, -0.2) is 43.6 Å². The van der Waals surface area contributed by atoms with Crippen LogP contribution in [0.2, 0.25) is 0 Å². The summed E-state index contributed by atoms with van der Waals surface area (Å²) < 4.78 is 17.8. The van der Waals surface area contributed by atoms with E-state index in [0.29, 0.717) is 0 Å². The molecule has 0 spiro atoms. The number of nitrogens with one attached hydrogen (secondary N) is 2. The molecule has 1 fully saturated rings. The minimum atomic E-state index is -0.558. The van der Waals surface area contributed by atoms with Gasteiger partial charge in [0.25, 0.3) is 0 Å². The van der Waals surface area contributed by atoms with Crippen molar-refractivity contribution in [3.05, 3.63) is 40.9 Å². The maximum absolute atomic E-state index is 12.2. The van der Waals surface area contributed by atoms with Gasteiger partial charge in [-0.15, -0.1) is 0 Å². The predicted octanol–water partition coefficient (Wildman–Crippen LogP) is 3.95. The lowest BCUT2D eigenvalue weighted by Gasteiger charge is -2.32. The molecule has 0 aliphatic carbocycles. The van der Waals surface area contributed by atoms with Crippen LogP contribution < -0.4 is 10.6 Å². The van der Waals surface area contributed by atoms with Crippen molar-refractivity contribution in [2.24, 2.45) is 0 Å². The third-order valence-corrected chi connectivity index (χ3v) is 5.15. The quantitative estimate of drug-likeness (QED) is 0.706. The van der Waals surface area contributed by atoms with Crippen LogP contribution in [0, 0.1) is 0 Å². The van der Waals surface area contributed by atoms with E-state index < -0.39 is 30.0 Å². The van der Waals surface area contributed by atoms with Gasteiger partial charge in [-0.3, -0.25) is 0 Å². The number of hydrogen-bond acceptors (Lipinski definition) is 5. The second kappa shape index (κ2) is 8.90. The number of alkyl carbamates (subject to hydrolysis) is 1. The van der Waals surface area contributed by atoms with E-state index in [1.807, 2.05) is 79.8 Å². The van der Waals surface area contributed by atoms with Gasteiger partial charge in [-0.1, -0.05) is 30.3 Å². The largest absolute Gasteiger partial charge is 0.492 e. The Labute approximate surface area is 175 Å². The summed E-state index contributed by atoms with van der Waals surface area (Å²) in [5, 5.41) is 6.03. The van der Waals surface area contributed by atoms with Gasteiger partial charge in [0.1, 0.15) is 5.60 Å². The number of amides is 1. The predicted molar refractivity (Wildman–Crippen MR) is 118 cm³/mol. The van der Waals surface area contributed by atoms with Gasteiger partial charge < -0.3 is 24.7 Å². The molecule has 7 heteroatoms. The molecular weight excluding hydrogens is 367 g/mol. The molecule has 1 aromatic rings. The summed E-state index contributed by atoms with van der Waals surface area (Å²) in [6.07, 6.45) is 1.56. The number of benzene rings is 1. The molecule has 2 N–H and O–H groups in total. The zero-order valence-corrected chi connectivity index (χ0v) is 19.0. The van der Waals surface area contributed by atoms with Gasteiger partial charge in [-0.05, 0) is 72.1 Å². The number of hydrogen-bond donors (Lipinski definition) is 2. The van der Waals surface area contributed by atoms with Gasteiger partial charge in [-0.25, -0.2) is 4.79 Å². The molecule has 1 aliphatic heterocycles. The van der Waals surface area contributed by atoms with E-state index in [0.717, 1.165) is 23.1 Å². The standard InChI is InChI=1S/C22H35BN2O4/c1-20(2,3)27-19(26)25-15-18(23-28-21(4,5)22(6,7)29-23)13-16-11-9-10-12-17(16)14-24-8/h9-13,24H,14-15H2,1-8H3,(H,25,26). The molecule has 1 heterocycles. The fourth-order valence-electron chi connectivity index (χ4n) is 2.91. The Morgan fingerprint density at radius 1 is 1.14 bits per heavy atom. The van der Waals surface area contributed by atoms with E-state index in [1.54, 1.807) is 0 Å². The van der Waals surface area contributed by atoms with Gasteiger partial charge >= 0.3 is 13.2 Å². The normalized spacial score (nSPS) is 18.6. The lowest BCUT2D eigenvalue weighted by atomic mass is 9.76. The van der Waals surface area contributed by atoms with E-state index in [-0.39, 0.29) is 6.54 Å². The van der Waals surface area contributed by atoms with Crippen molar-refractivity contribution in [1.29, 1.82) is 0 Å². The average molecular weight is 402 g/mol. The molecule has 1 aromatic carbocycles. The van der Waals surface area contributed by atoms with Crippen LogP contribution in [0.4, 0.5) is 4.79 Å². The van der Waals surface area contributed by atoms with Crippen LogP contribution in [-0.2, 0) is 20.6 Å². The molecule has 0 aromatic heterocycles. The minimum Gasteiger partial charge on any atom is -0.444 e. The first kappa shape index (κ1) is 23.5. The summed E-state index contributed by atoms with van der Waals surface area (Å²) in [6, 6.07) is 8.13. The maximum atomic E-state index is 12.2. The van der Waals surface area contributed by atoms with Gasteiger partial charge in [0.2, 0.25) is 0 Å². The first-order valence-electron chi connectivity index (χ1n) is 10.1. The molecule has 0 radical (unpaired) electrons. The Morgan fingerprint density at radius 2 is 1.72 bits per heavy atom. The summed E-state index contributed by atoms with van der Waals surface area (Å²) in [7, 11) is 1.36. The first-order valence-corrected chi connectivity index (χ1v) is 10.1. The highest BCUT2D eigenvalue weighted by Gasteiger charge is 2.52. The molecule has 1 saturated heterocycles. The number of carbonyl (C=O) groups excluding carboxylic acids is 1. The highest BCUT2D eigenvalue weighted by atomic mass is 16.7. The average Bonchev–Trinajstić information content (AvgIpc) is 2.79. The molecule has 6 nitrogen and oxygen atoms in total. The molecule has 0 bridgehead atoms. The first-order chi connectivity index (χ1) is 13.3. The van der Waals surface area contributed by atoms with E-state index in [1.165, 1.54) is 0 Å². The SMILES string of the molecule is CNCc1ccccc1C=C(CNC(=O)OC(C)(C)C)B1OC(C)(C)C(C)(C)O1. The van der Waals surface area contributed by atoms with Crippen molar-refractivity contribution in [2.75, 3.05) is 13.6 Å². The Morgan fingerprint density at radius 3 is 2.28 bits per heavy atom. The van der Waals surface area contributed by atoms with Crippen molar-refractivity contribution in [1.82, 2.24) is 10.6 Å². The van der Waals surface area contributed by atoms with E-state index in [4.69, 9.17) is 14.0 Å². The second-order valence-electron chi connectivity index (χ2n) is 9.39. The topological polar surface area (TPSA) is 68.8 Å². The monoisotopic (exact) mass is 402 g/mol. The molecule has 29 heavy (non-hydrogen) atoms. The van der Waals surface area contributed by atoms with Crippen LogP contribution in [0.3, 0.4) is 0 Å². The summed E-state index contributed by atoms with van der Waals surface area (Å²) >= 11 is 0. The Hall–Kier alpha value is -1.83. The lowest BCUT2D eigenvalue weighted by molar-refractivity contribution is 0.00578. The van der Waals surface area contributed by atoms with E-state index in [2.05, 4.69) is 16.7 Å². The molecule has 0 saturated carbocycles. The Balaban J connectivity index is 2.30. The minimum absolute atomic E-state index is 0.264. The smallest absolute Gasteiger partial charge is 0.444 e. The van der Waals surface area contributed by atoms with Crippen molar-refractivity contribution >= 4 is 19.3 Å². The van der Waals surface area contributed by atoms with E-state index in [9.17, 15) is 4.79 Å². The number of ether oxygens (including phenoxy) is 1. The van der Waals surface area contributed by atoms with Gasteiger partial charge in [-0.2, -0.15) is 0 Å². The van der Waals surface area contributed by atoms with Crippen LogP contribution in [0.15, 0.2) is 29.7 Å². The van der Waals surface area contributed by atoms with E-state index >= 15 is 0 Å². The van der Waals surface area contributed by atoms with Crippen LogP contribution in [0.1, 0.15) is 59.6 Å². The molecular formula is C22H35BN2O4. The van der Waals surface area contributed by atoms with Crippen LogP contribution in [0.5, 0.6) is 0 Å². The lowest BCUT2D eigenvalue weighted by Crippen LogP contribution is -2.41. The molecule has 160 valence electrons. The fourth-order valence-corrected chi connectivity index (χ4v) is 2.91.